The lowest BCUT2D eigenvalue weighted by Crippen LogP contribution is -1.92. The van der Waals surface area contributed by atoms with Crippen molar-refractivity contribution >= 4 is 14.8 Å². The van der Waals surface area contributed by atoms with E-state index < -0.39 is 0 Å². The van der Waals surface area contributed by atoms with E-state index in [0.717, 1.165) is 5.69 Å². The van der Waals surface area contributed by atoms with Crippen molar-refractivity contribution in [1.82, 2.24) is 9.97 Å². The molecule has 9 heavy (non-hydrogen) atoms. The lowest BCUT2D eigenvalue weighted by molar-refractivity contribution is 1.40. The first-order chi connectivity index (χ1) is 4.86. The van der Waals surface area contributed by atoms with E-state index in [1.807, 2.05) is 0 Å². The molecule has 0 bridgehead atoms. The molecule has 1 heterocycles. The third kappa shape index (κ3) is 1.55. The van der Waals surface area contributed by atoms with E-state index in [1.165, 1.54) is 0 Å². The number of nitrogens with zero attached hydrogens (tertiary/aromatic N) is 1. The van der Waals surface area contributed by atoms with Crippen LogP contribution in [0, 0.1) is 11.8 Å². The summed E-state index contributed by atoms with van der Waals surface area (Å²) < 4.78 is 6.92. The topological polar surface area (TPSA) is 28.7 Å². The average molecular weight is 139 g/mol. The number of hydrogen-bond acceptors (Lipinski definition) is 1. The van der Waals surface area contributed by atoms with Gasteiger partial charge in [0.15, 0.2) is 0 Å². The summed E-state index contributed by atoms with van der Waals surface area (Å²) in [7, 11) is 0.401. The molecular weight excluding hydrogens is 131 g/mol. The van der Waals surface area contributed by atoms with Crippen molar-refractivity contribution in [1.29, 1.82) is 1.28 Å². The quantitative estimate of drug-likeness (QED) is 0.446. The first-order valence-corrected chi connectivity index (χ1v) is 2.94. The van der Waals surface area contributed by atoms with Gasteiger partial charge in [-0.3, -0.25) is 4.98 Å². The van der Waals surface area contributed by atoms with Crippen molar-refractivity contribution in [2.75, 3.05) is 0 Å². The molecular formula is C6H6N2P-. The number of imidazole rings is 1. The van der Waals surface area contributed by atoms with Gasteiger partial charge in [-0.1, -0.05) is 11.5 Å². The highest BCUT2D eigenvalue weighted by Crippen LogP contribution is 1.87. The molecule has 1 rings (SSSR count). The predicted molar refractivity (Wildman–Crippen MR) is 39.1 cm³/mol. The third-order valence-electron chi connectivity index (χ3n) is 0.822. The molecule has 1 aromatic rings. The molecule has 0 unspecified atom stereocenters. The molecule has 2 nitrogen and oxygen atoms in total. The van der Waals surface area contributed by atoms with Crippen LogP contribution in [0.3, 0.4) is 0 Å². The summed E-state index contributed by atoms with van der Waals surface area (Å²) in [4.78, 5) is 6.77. The van der Waals surface area contributed by atoms with Crippen LogP contribution in [-0.2, 0) is 0 Å². The van der Waals surface area contributed by atoms with Crippen LogP contribution < -0.4 is 5.57 Å². The largest absolute Gasteiger partial charge is 0.485 e. The Morgan fingerprint density at radius 1 is 2.00 bits per heavy atom. The summed E-state index contributed by atoms with van der Waals surface area (Å²) in [5.74, 6) is 5.54. The molecule has 0 radical (unpaired) electrons. The Hall–Kier alpha value is -0.800. The zero-order valence-corrected chi connectivity index (χ0v) is 5.87. The zero-order valence-electron chi connectivity index (χ0n) is 5.97. The normalized spacial score (nSPS) is 11.0. The fraction of sp³-hybridized carbons (Fsp3) is 0.167. The van der Waals surface area contributed by atoms with Crippen molar-refractivity contribution in [2.45, 2.75) is 6.92 Å². The lowest BCUT2D eigenvalue weighted by Gasteiger charge is -1.86. The molecule has 0 saturated heterocycles. The number of H-pyrrole nitrogens is 1. The molecule has 0 saturated carbocycles. The molecule has 0 spiro atoms. The van der Waals surface area contributed by atoms with Crippen LogP contribution in [-0.4, -0.2) is 11.2 Å². The molecule has 3 heteroatoms. The maximum Gasteiger partial charge on any atom is 0.107 e. The van der Waals surface area contributed by atoms with Gasteiger partial charge in [-0.25, -0.2) is 0 Å². The van der Waals surface area contributed by atoms with Gasteiger partial charge in [0.25, 0.3) is 0 Å². The smallest absolute Gasteiger partial charge is 0.107 e. The van der Waals surface area contributed by atoms with E-state index in [-0.39, 0.29) is 0 Å². The highest BCUT2D eigenvalue weighted by molar-refractivity contribution is 7.26. The van der Waals surface area contributed by atoms with Crippen molar-refractivity contribution < 1.29 is 0 Å². The van der Waals surface area contributed by atoms with Gasteiger partial charge in [-0.2, -0.15) is 1.28 Å². The molecule has 1 N–H and O–H groups in total. The number of hydrogen-bond donors (Lipinski definition) is 1. The monoisotopic (exact) mass is 139 g/mol. The maximum atomic E-state index is 6.92. The van der Waals surface area contributed by atoms with Gasteiger partial charge in [0, 0.05) is 0 Å². The lowest BCUT2D eigenvalue weighted by atomic mass is 10.5. The van der Waals surface area contributed by atoms with Crippen molar-refractivity contribution in [3.63, 3.8) is 0 Å². The van der Waals surface area contributed by atoms with Crippen molar-refractivity contribution in [3.8, 4) is 11.8 Å². The standard InChI is InChI=1S/C6H6N2P/c1-2-3-5-4-7-6(9)8-5/h4,9H,1H3,(H,7,8)/q-1/i9T. The molecule has 0 atom stereocenters. The van der Waals surface area contributed by atoms with E-state index in [0.29, 0.717) is 14.8 Å². The Morgan fingerprint density at radius 2 is 2.89 bits per heavy atom. The van der Waals surface area contributed by atoms with E-state index in [9.17, 15) is 0 Å². The summed E-state index contributed by atoms with van der Waals surface area (Å²) >= 11 is 0. The van der Waals surface area contributed by atoms with E-state index >= 15 is 0 Å². The van der Waals surface area contributed by atoms with Gasteiger partial charge in [0.2, 0.25) is 0 Å². The van der Waals surface area contributed by atoms with E-state index in [2.05, 4.69) is 21.8 Å². The Morgan fingerprint density at radius 3 is 3.44 bits per heavy atom. The predicted octanol–water partition coefficient (Wildman–Crippen LogP) is 0.549. The van der Waals surface area contributed by atoms with Gasteiger partial charge in [-0.05, 0) is 12.8 Å². The summed E-state index contributed by atoms with van der Waals surface area (Å²) in [6.45, 7) is 1.76. The van der Waals surface area contributed by atoms with Gasteiger partial charge in [0.05, 0.1) is 6.20 Å². The van der Waals surface area contributed by atoms with E-state index in [1.54, 1.807) is 13.1 Å². The Bertz CT molecular complexity index is 271. The van der Waals surface area contributed by atoms with Crippen LogP contribution in [0.5, 0.6) is 0 Å². The summed E-state index contributed by atoms with van der Waals surface area (Å²) in [5, 5.41) is 0. The van der Waals surface area contributed by atoms with Gasteiger partial charge < -0.3 is 14.2 Å². The number of aromatic amines is 1. The first kappa shape index (κ1) is 5.02. The molecule has 0 fully saturated rings. The first-order valence-electron chi connectivity index (χ1n) is 2.94. The second-order valence-electron chi connectivity index (χ2n) is 1.50. The second-order valence-corrected chi connectivity index (χ2v) is 1.92. The average Bonchev–Trinajstić information content (AvgIpc) is 2.37. The number of aromatic nitrogens is 2. The van der Waals surface area contributed by atoms with Crippen molar-refractivity contribution in [2.24, 2.45) is 0 Å². The highest BCUT2D eigenvalue weighted by atomic mass is 31.0. The minimum absolute atomic E-state index is 0.401. The fourth-order valence-corrected chi connectivity index (χ4v) is 0.687. The SMILES string of the molecule is [3H][P-]c1ncc(C#CC)[nH]1. The Balaban J connectivity index is 2.84. The third-order valence-corrected chi connectivity index (χ3v) is 1.05. The van der Waals surface area contributed by atoms with Crippen LogP contribution in [0.2, 0.25) is 0 Å². The molecule has 0 aliphatic carbocycles. The van der Waals surface area contributed by atoms with Crippen LogP contribution in [0.1, 0.15) is 12.6 Å². The zero-order chi connectivity index (χ0) is 7.40. The van der Waals surface area contributed by atoms with Crippen LogP contribution >= 0.6 is 9.18 Å². The van der Waals surface area contributed by atoms with Crippen LogP contribution in [0.15, 0.2) is 6.20 Å². The molecule has 0 aromatic carbocycles. The second kappa shape index (κ2) is 2.66. The molecule has 0 aliphatic rings. The summed E-state index contributed by atoms with van der Waals surface area (Å²) in [6, 6.07) is 0. The molecule has 0 aliphatic heterocycles. The maximum absolute atomic E-state index is 6.92. The molecule has 0 amide bonds. The number of rotatable bonds is 1. The Kier molecular flexibility index (Phi) is 1.48. The minimum Gasteiger partial charge on any atom is -0.485 e. The van der Waals surface area contributed by atoms with Gasteiger partial charge in [0.1, 0.15) is 5.69 Å². The Labute approximate surface area is 57.6 Å². The van der Waals surface area contributed by atoms with Crippen LogP contribution in [0.25, 0.3) is 0 Å². The summed E-state index contributed by atoms with van der Waals surface area (Å²) in [5.41, 5.74) is 1.41. The molecule has 1 aromatic heterocycles. The van der Waals surface area contributed by atoms with Gasteiger partial charge >= 0.3 is 0 Å². The fourth-order valence-electron chi connectivity index (χ4n) is 0.509. The molecule has 46 valence electrons. The minimum atomic E-state index is 0.401. The van der Waals surface area contributed by atoms with Crippen LogP contribution in [0.4, 0.5) is 0 Å². The summed E-state index contributed by atoms with van der Waals surface area (Å²) in [6.07, 6.45) is 1.63. The van der Waals surface area contributed by atoms with Crippen molar-refractivity contribution in [3.05, 3.63) is 11.9 Å². The van der Waals surface area contributed by atoms with E-state index in [4.69, 9.17) is 1.28 Å². The number of nitrogens with one attached hydrogen (secondary N) is 1. The highest BCUT2D eigenvalue weighted by Gasteiger charge is 1.82. The van der Waals surface area contributed by atoms with Gasteiger partial charge in [-0.15, -0.1) is 0 Å².